The number of rotatable bonds is 7. The SMILES string of the molecule is CCc1nn(CC)c(CC(CNC(C)C)C(C)(C)C)c1Br. The summed E-state index contributed by atoms with van der Waals surface area (Å²) >= 11 is 3.77. The van der Waals surface area contributed by atoms with Crippen molar-refractivity contribution in [1.82, 2.24) is 15.1 Å². The van der Waals surface area contributed by atoms with Gasteiger partial charge in [0.25, 0.3) is 0 Å². The van der Waals surface area contributed by atoms with Crippen LogP contribution in [0.5, 0.6) is 0 Å². The molecule has 1 atom stereocenters. The van der Waals surface area contributed by atoms with Gasteiger partial charge in [-0.15, -0.1) is 0 Å². The Morgan fingerprint density at radius 3 is 2.29 bits per heavy atom. The molecule has 0 aliphatic rings. The summed E-state index contributed by atoms with van der Waals surface area (Å²) in [6, 6.07) is 0.528. The first-order valence-electron chi connectivity index (χ1n) is 8.18. The number of aryl methyl sites for hydroxylation is 2. The second-order valence-corrected chi connectivity index (χ2v) is 8.00. The van der Waals surface area contributed by atoms with Gasteiger partial charge in [0.1, 0.15) is 0 Å². The van der Waals surface area contributed by atoms with E-state index in [-0.39, 0.29) is 5.41 Å². The van der Waals surface area contributed by atoms with Crippen LogP contribution in [0, 0.1) is 11.3 Å². The maximum absolute atomic E-state index is 4.73. The Balaban J connectivity index is 3.00. The van der Waals surface area contributed by atoms with Crippen LogP contribution in [0.1, 0.15) is 59.9 Å². The van der Waals surface area contributed by atoms with E-state index < -0.39 is 0 Å². The molecule has 0 aromatic carbocycles. The van der Waals surface area contributed by atoms with Crippen LogP contribution < -0.4 is 5.32 Å². The summed E-state index contributed by atoms with van der Waals surface area (Å²) < 4.78 is 3.38. The van der Waals surface area contributed by atoms with Crippen LogP contribution >= 0.6 is 15.9 Å². The van der Waals surface area contributed by atoms with Crippen molar-refractivity contribution in [3.8, 4) is 0 Å². The molecule has 0 fully saturated rings. The number of hydrogen-bond donors (Lipinski definition) is 1. The predicted octanol–water partition coefficient (Wildman–Crippen LogP) is 4.43. The second-order valence-electron chi connectivity index (χ2n) is 7.21. The van der Waals surface area contributed by atoms with Gasteiger partial charge in [0, 0.05) is 12.6 Å². The lowest BCUT2D eigenvalue weighted by Crippen LogP contribution is -2.36. The summed E-state index contributed by atoms with van der Waals surface area (Å²) in [5.41, 5.74) is 2.80. The van der Waals surface area contributed by atoms with Crippen molar-refractivity contribution in [1.29, 1.82) is 0 Å². The van der Waals surface area contributed by atoms with Crippen molar-refractivity contribution in [3.63, 3.8) is 0 Å². The first-order chi connectivity index (χ1) is 9.70. The number of nitrogens with zero attached hydrogens (tertiary/aromatic N) is 2. The van der Waals surface area contributed by atoms with Gasteiger partial charge in [-0.2, -0.15) is 5.10 Å². The number of halogens is 1. The molecule has 1 N–H and O–H groups in total. The molecule has 0 radical (unpaired) electrons. The lowest BCUT2D eigenvalue weighted by atomic mass is 9.78. The van der Waals surface area contributed by atoms with Crippen molar-refractivity contribution in [2.75, 3.05) is 6.54 Å². The molecule has 0 amide bonds. The second kappa shape index (κ2) is 7.77. The Labute approximate surface area is 139 Å². The van der Waals surface area contributed by atoms with E-state index in [1.807, 2.05) is 0 Å². The zero-order valence-corrected chi connectivity index (χ0v) is 16.3. The Kier molecular flexibility index (Phi) is 6.92. The van der Waals surface area contributed by atoms with Crippen LogP contribution in [-0.2, 0) is 19.4 Å². The molecule has 0 aliphatic heterocycles. The molecule has 1 rings (SSSR count). The molecule has 3 nitrogen and oxygen atoms in total. The van der Waals surface area contributed by atoms with Crippen molar-refractivity contribution in [2.45, 2.75) is 73.9 Å². The lowest BCUT2D eigenvalue weighted by Gasteiger charge is -2.32. The fourth-order valence-electron chi connectivity index (χ4n) is 2.51. The van der Waals surface area contributed by atoms with Gasteiger partial charge in [0.2, 0.25) is 0 Å². The molecule has 1 aromatic heterocycles. The van der Waals surface area contributed by atoms with E-state index in [4.69, 9.17) is 5.10 Å². The molecule has 0 saturated heterocycles. The van der Waals surface area contributed by atoms with Gasteiger partial charge in [0.05, 0.1) is 15.9 Å². The number of nitrogens with one attached hydrogen (secondary N) is 1. The summed E-state index contributed by atoms with van der Waals surface area (Å²) in [4.78, 5) is 0. The normalized spacial score (nSPS) is 14.0. The number of hydrogen-bond acceptors (Lipinski definition) is 2. The Morgan fingerprint density at radius 2 is 1.86 bits per heavy atom. The summed E-state index contributed by atoms with van der Waals surface area (Å²) in [6.07, 6.45) is 2.04. The fraction of sp³-hybridized carbons (Fsp3) is 0.824. The van der Waals surface area contributed by atoms with Crippen LogP contribution in [0.25, 0.3) is 0 Å². The maximum atomic E-state index is 4.73. The van der Waals surface area contributed by atoms with E-state index in [9.17, 15) is 0 Å². The minimum atomic E-state index is 0.274. The zero-order chi connectivity index (χ0) is 16.2. The van der Waals surface area contributed by atoms with Gasteiger partial charge in [-0.1, -0.05) is 41.5 Å². The highest BCUT2D eigenvalue weighted by Gasteiger charge is 2.27. The third kappa shape index (κ3) is 5.10. The van der Waals surface area contributed by atoms with E-state index >= 15 is 0 Å². The highest BCUT2D eigenvalue weighted by molar-refractivity contribution is 9.10. The molecular weight excluding hydrogens is 326 g/mol. The molecular formula is C17H32BrN3. The highest BCUT2D eigenvalue weighted by Crippen LogP contribution is 2.32. The standard InChI is InChI=1S/C17H32BrN3/c1-8-14-16(18)15(21(9-2)20-14)10-13(17(5,6)7)11-19-12(3)4/h12-13,19H,8-11H2,1-7H3. The van der Waals surface area contributed by atoms with Crippen molar-refractivity contribution < 1.29 is 0 Å². The third-order valence-electron chi connectivity index (χ3n) is 4.13. The van der Waals surface area contributed by atoms with Gasteiger partial charge in [-0.05, 0) is 53.6 Å². The Bertz CT molecular complexity index is 444. The quantitative estimate of drug-likeness (QED) is 0.781. The summed E-state index contributed by atoms with van der Waals surface area (Å²) in [6.45, 7) is 17.7. The smallest absolute Gasteiger partial charge is 0.0766 e. The summed E-state index contributed by atoms with van der Waals surface area (Å²) in [5, 5.41) is 8.33. The topological polar surface area (TPSA) is 29.9 Å². The third-order valence-corrected chi connectivity index (χ3v) is 5.05. The minimum absolute atomic E-state index is 0.274. The largest absolute Gasteiger partial charge is 0.314 e. The lowest BCUT2D eigenvalue weighted by molar-refractivity contribution is 0.222. The van der Waals surface area contributed by atoms with Crippen molar-refractivity contribution in [3.05, 3.63) is 15.9 Å². The van der Waals surface area contributed by atoms with Crippen LogP contribution in [0.3, 0.4) is 0 Å². The van der Waals surface area contributed by atoms with E-state index in [0.717, 1.165) is 25.9 Å². The Hall–Kier alpha value is -0.350. The summed E-state index contributed by atoms with van der Waals surface area (Å²) in [5.74, 6) is 0.586. The zero-order valence-electron chi connectivity index (χ0n) is 14.8. The first kappa shape index (κ1) is 18.7. The van der Waals surface area contributed by atoms with Crippen molar-refractivity contribution >= 4 is 15.9 Å². The maximum Gasteiger partial charge on any atom is 0.0766 e. The van der Waals surface area contributed by atoms with Crippen LogP contribution in [0.2, 0.25) is 0 Å². The fourth-order valence-corrected chi connectivity index (χ4v) is 3.23. The van der Waals surface area contributed by atoms with Crippen LogP contribution in [-0.4, -0.2) is 22.4 Å². The average Bonchev–Trinajstić information content (AvgIpc) is 2.69. The minimum Gasteiger partial charge on any atom is -0.314 e. The Morgan fingerprint density at radius 1 is 1.24 bits per heavy atom. The molecule has 122 valence electrons. The molecule has 1 heterocycles. The van der Waals surface area contributed by atoms with E-state index in [0.29, 0.717) is 12.0 Å². The molecule has 0 spiro atoms. The highest BCUT2D eigenvalue weighted by atomic mass is 79.9. The van der Waals surface area contributed by atoms with Gasteiger partial charge >= 0.3 is 0 Å². The van der Waals surface area contributed by atoms with Gasteiger partial charge in [-0.3, -0.25) is 4.68 Å². The van der Waals surface area contributed by atoms with Gasteiger partial charge in [0.15, 0.2) is 0 Å². The van der Waals surface area contributed by atoms with Gasteiger partial charge in [-0.25, -0.2) is 0 Å². The average molecular weight is 358 g/mol. The molecule has 21 heavy (non-hydrogen) atoms. The van der Waals surface area contributed by atoms with E-state index in [1.165, 1.54) is 15.9 Å². The molecule has 4 heteroatoms. The first-order valence-corrected chi connectivity index (χ1v) is 8.97. The summed E-state index contributed by atoms with van der Waals surface area (Å²) in [7, 11) is 0. The molecule has 1 unspecified atom stereocenters. The monoisotopic (exact) mass is 357 g/mol. The molecule has 0 saturated carbocycles. The van der Waals surface area contributed by atoms with Crippen LogP contribution in [0.4, 0.5) is 0 Å². The number of aromatic nitrogens is 2. The molecule has 0 aliphatic carbocycles. The van der Waals surface area contributed by atoms with E-state index in [1.54, 1.807) is 0 Å². The van der Waals surface area contributed by atoms with Crippen molar-refractivity contribution in [2.24, 2.45) is 11.3 Å². The van der Waals surface area contributed by atoms with Crippen LogP contribution in [0.15, 0.2) is 4.47 Å². The van der Waals surface area contributed by atoms with E-state index in [2.05, 4.69) is 74.4 Å². The molecule has 0 bridgehead atoms. The van der Waals surface area contributed by atoms with Gasteiger partial charge < -0.3 is 5.32 Å². The molecule has 1 aromatic rings. The predicted molar refractivity (Wildman–Crippen MR) is 94.8 cm³/mol.